The van der Waals surface area contributed by atoms with Gasteiger partial charge in [0.25, 0.3) is 0 Å². The number of aromatic amines is 1. The summed E-state index contributed by atoms with van der Waals surface area (Å²) in [6.45, 7) is 0.890. The van der Waals surface area contributed by atoms with Crippen LogP contribution in [0.1, 0.15) is 23.4 Å². The van der Waals surface area contributed by atoms with Crippen LogP contribution < -0.4 is 14.8 Å². The highest BCUT2D eigenvalue weighted by Gasteiger charge is 2.43. The molecule has 8 nitrogen and oxygen atoms in total. The molecule has 1 amide bonds. The van der Waals surface area contributed by atoms with Crippen molar-refractivity contribution in [2.75, 3.05) is 33.0 Å². The van der Waals surface area contributed by atoms with E-state index < -0.39 is 7.04 Å². The lowest BCUT2D eigenvalue weighted by Gasteiger charge is -2.13. The Morgan fingerprint density at radius 3 is 3.00 bits per heavy atom. The zero-order valence-electron chi connectivity index (χ0n) is 20.5. The molecule has 3 aromatic rings. The van der Waals surface area contributed by atoms with Crippen LogP contribution >= 0.6 is 0 Å². The van der Waals surface area contributed by atoms with Crippen molar-refractivity contribution in [2.24, 2.45) is 11.8 Å². The third-order valence-electron chi connectivity index (χ3n) is 5.71. The van der Waals surface area contributed by atoms with Gasteiger partial charge in [0.2, 0.25) is 11.8 Å². The van der Waals surface area contributed by atoms with Crippen LogP contribution in [-0.4, -0.2) is 59.5 Å². The Bertz CT molecular complexity index is 1220. The topological polar surface area (TPSA) is 92.4 Å². The van der Waals surface area contributed by atoms with Gasteiger partial charge in [-0.05, 0) is 57.5 Å². The number of methoxy groups -OCH3 is 1. The molecule has 2 saturated carbocycles. The molecule has 0 radical (unpaired) electrons. The highest BCUT2D eigenvalue weighted by atomic mass is 16.5. The Labute approximate surface area is 185 Å². The van der Waals surface area contributed by atoms with Gasteiger partial charge in [0.15, 0.2) is 0 Å². The number of fused-ring (bicyclic) bond motifs is 1. The predicted molar refractivity (Wildman–Crippen MR) is 118 cm³/mol. The first-order valence-corrected chi connectivity index (χ1v) is 10.5. The second-order valence-electron chi connectivity index (χ2n) is 8.56. The Hall–Kier alpha value is -3.13. The number of hydrogen-bond donors (Lipinski definition) is 2. The van der Waals surface area contributed by atoms with Crippen molar-refractivity contribution < 1.29 is 18.4 Å². The fourth-order valence-corrected chi connectivity index (χ4v) is 3.95. The SMILES string of the molecule is [2H]C([2H])([2H])Oc1nccc(OC2CC2)c1-c1c[nH]c2nc(NC(=O)[C@H]3C[C@@H]3CN(C)C)ccc12. The Balaban J connectivity index is 1.43. The minimum absolute atomic E-state index is 0.0104. The molecule has 2 atom stereocenters. The van der Waals surface area contributed by atoms with Gasteiger partial charge in [0.05, 0.1) is 22.8 Å². The van der Waals surface area contributed by atoms with Gasteiger partial charge in [-0.3, -0.25) is 4.79 Å². The van der Waals surface area contributed by atoms with E-state index in [2.05, 4.69) is 25.2 Å². The number of anilines is 1. The van der Waals surface area contributed by atoms with Crippen LogP contribution in [-0.2, 0) is 4.79 Å². The standard InChI is InChI=1S/C23H27N5O3/c1-28(2)12-13-10-16(13)22(29)27-19-7-6-15-17(11-25-21(15)26-19)20-18(31-14-4-5-14)8-9-24-23(20)30-3/h6-9,11,13-14,16H,4-5,10,12H2,1-3H3,(H2,25,26,27,29)/t13-,16+/m1/s1/i3D3. The van der Waals surface area contributed by atoms with Crippen LogP contribution in [0, 0.1) is 11.8 Å². The Kier molecular flexibility index (Phi) is 4.19. The second kappa shape index (κ2) is 7.85. The molecule has 3 heterocycles. The molecular weight excluding hydrogens is 394 g/mol. The minimum atomic E-state index is -2.66. The summed E-state index contributed by atoms with van der Waals surface area (Å²) in [6, 6.07) is 5.28. The number of nitrogens with zero attached hydrogens (tertiary/aromatic N) is 3. The number of hydrogen-bond acceptors (Lipinski definition) is 6. The van der Waals surface area contributed by atoms with Crippen molar-refractivity contribution in [3.05, 3.63) is 30.6 Å². The minimum Gasteiger partial charge on any atom is -0.490 e. The smallest absolute Gasteiger partial charge is 0.228 e. The summed E-state index contributed by atoms with van der Waals surface area (Å²) < 4.78 is 33.8. The quantitative estimate of drug-likeness (QED) is 0.576. The van der Waals surface area contributed by atoms with Crippen LogP contribution in [0.5, 0.6) is 11.6 Å². The molecule has 31 heavy (non-hydrogen) atoms. The van der Waals surface area contributed by atoms with Crippen molar-refractivity contribution in [1.82, 2.24) is 19.9 Å². The van der Waals surface area contributed by atoms with Gasteiger partial charge in [0, 0.05) is 35.8 Å². The lowest BCUT2D eigenvalue weighted by molar-refractivity contribution is -0.117. The highest BCUT2D eigenvalue weighted by molar-refractivity contribution is 5.99. The van der Waals surface area contributed by atoms with E-state index >= 15 is 0 Å². The molecule has 0 unspecified atom stereocenters. The molecule has 8 heteroatoms. The number of pyridine rings is 2. The molecule has 0 saturated heterocycles. The van der Waals surface area contributed by atoms with Gasteiger partial charge in [0.1, 0.15) is 17.2 Å². The molecule has 3 aromatic heterocycles. The monoisotopic (exact) mass is 424 g/mol. The van der Waals surface area contributed by atoms with Crippen LogP contribution in [0.15, 0.2) is 30.6 Å². The maximum atomic E-state index is 12.6. The van der Waals surface area contributed by atoms with Crippen molar-refractivity contribution in [3.63, 3.8) is 0 Å². The lowest BCUT2D eigenvalue weighted by Crippen LogP contribution is -2.20. The number of carbonyl (C=O) groups is 1. The highest BCUT2D eigenvalue weighted by Crippen LogP contribution is 2.43. The first-order valence-electron chi connectivity index (χ1n) is 12.0. The maximum Gasteiger partial charge on any atom is 0.228 e. The molecule has 0 bridgehead atoms. The first kappa shape index (κ1) is 16.5. The molecule has 2 aliphatic rings. The molecule has 0 spiro atoms. The number of H-pyrrole nitrogens is 1. The van der Waals surface area contributed by atoms with Crippen molar-refractivity contribution >= 4 is 22.8 Å². The van der Waals surface area contributed by atoms with Crippen LogP contribution in [0.25, 0.3) is 22.2 Å². The molecule has 2 N–H and O–H groups in total. The van der Waals surface area contributed by atoms with E-state index in [1.165, 1.54) is 6.20 Å². The normalized spacial score (nSPS) is 22.0. The Morgan fingerprint density at radius 2 is 2.23 bits per heavy atom. The number of aromatic nitrogens is 3. The van der Waals surface area contributed by atoms with Gasteiger partial charge < -0.3 is 24.7 Å². The summed E-state index contributed by atoms with van der Waals surface area (Å²) >= 11 is 0. The average molecular weight is 425 g/mol. The Morgan fingerprint density at radius 1 is 1.35 bits per heavy atom. The van der Waals surface area contributed by atoms with E-state index in [9.17, 15) is 4.79 Å². The summed E-state index contributed by atoms with van der Waals surface area (Å²) in [6.07, 6.45) is 6.09. The summed E-state index contributed by atoms with van der Waals surface area (Å²) in [5.41, 5.74) is 1.67. The van der Waals surface area contributed by atoms with Crippen molar-refractivity contribution in [1.29, 1.82) is 0 Å². The summed E-state index contributed by atoms with van der Waals surface area (Å²) in [7, 11) is 1.35. The largest absolute Gasteiger partial charge is 0.490 e. The molecule has 2 aliphatic carbocycles. The van der Waals surface area contributed by atoms with Crippen molar-refractivity contribution in [3.8, 4) is 22.8 Å². The van der Waals surface area contributed by atoms with E-state index in [1.54, 1.807) is 18.3 Å². The fourth-order valence-electron chi connectivity index (χ4n) is 3.95. The molecule has 2 fully saturated rings. The van der Waals surface area contributed by atoms with Crippen LogP contribution in [0.4, 0.5) is 5.82 Å². The number of carbonyl (C=O) groups excluding carboxylic acids is 1. The number of rotatable bonds is 8. The molecule has 0 aromatic carbocycles. The maximum absolute atomic E-state index is 12.6. The van der Waals surface area contributed by atoms with Gasteiger partial charge in [-0.2, -0.15) is 0 Å². The van der Waals surface area contributed by atoms with Crippen LogP contribution in [0.3, 0.4) is 0 Å². The second-order valence-corrected chi connectivity index (χ2v) is 8.56. The van der Waals surface area contributed by atoms with E-state index in [0.29, 0.717) is 34.3 Å². The zero-order valence-corrected chi connectivity index (χ0v) is 17.5. The van der Waals surface area contributed by atoms with Gasteiger partial charge in [-0.15, -0.1) is 0 Å². The van der Waals surface area contributed by atoms with E-state index in [4.69, 9.17) is 13.6 Å². The average Bonchev–Trinajstić information content (AvgIpc) is 3.66. The van der Waals surface area contributed by atoms with E-state index in [0.717, 1.165) is 31.2 Å². The van der Waals surface area contributed by atoms with Gasteiger partial charge in [-0.25, -0.2) is 9.97 Å². The third-order valence-corrected chi connectivity index (χ3v) is 5.71. The number of amides is 1. The molecule has 5 rings (SSSR count). The number of ether oxygens (including phenoxy) is 2. The first-order chi connectivity index (χ1) is 16.2. The molecule has 0 aliphatic heterocycles. The van der Waals surface area contributed by atoms with Crippen molar-refractivity contribution in [2.45, 2.75) is 25.4 Å². The molecular formula is C23H27N5O3. The zero-order chi connectivity index (χ0) is 24.0. The van der Waals surface area contributed by atoms with Gasteiger partial charge in [-0.1, -0.05) is 0 Å². The summed E-state index contributed by atoms with van der Waals surface area (Å²) in [4.78, 5) is 26.5. The van der Waals surface area contributed by atoms with E-state index in [1.807, 2.05) is 20.2 Å². The van der Waals surface area contributed by atoms with Crippen LogP contribution in [0.2, 0.25) is 0 Å². The van der Waals surface area contributed by atoms with Gasteiger partial charge >= 0.3 is 0 Å². The third kappa shape index (κ3) is 4.07. The summed E-state index contributed by atoms with van der Waals surface area (Å²) in [5.74, 6) is 1.30. The fraction of sp³-hybridized carbons (Fsp3) is 0.435. The lowest BCUT2D eigenvalue weighted by atomic mass is 10.1. The number of nitrogens with one attached hydrogen (secondary N) is 2. The predicted octanol–water partition coefficient (Wildman–Crippen LogP) is 3.31. The molecule has 162 valence electrons. The summed E-state index contributed by atoms with van der Waals surface area (Å²) in [5, 5.41) is 3.65. The van der Waals surface area contributed by atoms with E-state index in [-0.39, 0.29) is 23.8 Å².